The van der Waals surface area contributed by atoms with Crippen LogP contribution in [0.5, 0.6) is 5.75 Å². The minimum Gasteiger partial charge on any atom is -0.484 e. The zero-order valence-corrected chi connectivity index (χ0v) is 20.7. The average molecular weight is 495 g/mol. The molecule has 0 spiro atoms. The molecular weight excluding hydrogens is 460 g/mol. The highest BCUT2D eigenvalue weighted by Crippen LogP contribution is 2.27. The van der Waals surface area contributed by atoms with Gasteiger partial charge >= 0.3 is 0 Å². The van der Waals surface area contributed by atoms with Crippen LogP contribution in [0.15, 0.2) is 48.5 Å². The molecule has 0 saturated carbocycles. The highest BCUT2D eigenvalue weighted by Gasteiger charge is 2.35. The van der Waals surface area contributed by atoms with E-state index in [0.717, 1.165) is 50.5 Å². The van der Waals surface area contributed by atoms with Gasteiger partial charge in [0.15, 0.2) is 6.61 Å². The lowest BCUT2D eigenvalue weighted by Gasteiger charge is -2.26. The predicted molar refractivity (Wildman–Crippen MR) is 137 cm³/mol. The number of morpholine rings is 1. The summed E-state index contributed by atoms with van der Waals surface area (Å²) < 4.78 is 10.9. The Kier molecular flexibility index (Phi) is 8.91. The van der Waals surface area contributed by atoms with E-state index < -0.39 is 0 Å². The Hall–Kier alpha value is -3.43. The summed E-state index contributed by atoms with van der Waals surface area (Å²) in [5.74, 6) is -0.234. The van der Waals surface area contributed by atoms with Crippen LogP contribution >= 0.6 is 0 Å². The number of nitrogens with one attached hydrogen (secondary N) is 2. The van der Waals surface area contributed by atoms with Gasteiger partial charge in [-0.25, -0.2) is 0 Å². The maximum Gasteiger partial charge on any atom is 0.262 e. The van der Waals surface area contributed by atoms with Crippen molar-refractivity contribution in [1.29, 1.82) is 0 Å². The molecule has 2 fully saturated rings. The van der Waals surface area contributed by atoms with E-state index in [-0.39, 0.29) is 36.7 Å². The van der Waals surface area contributed by atoms with Gasteiger partial charge in [0.1, 0.15) is 5.75 Å². The van der Waals surface area contributed by atoms with E-state index in [1.807, 2.05) is 31.2 Å². The number of carbonyl (C=O) groups excluding carboxylic acids is 3. The van der Waals surface area contributed by atoms with Crippen molar-refractivity contribution >= 4 is 29.1 Å². The molecule has 9 heteroatoms. The van der Waals surface area contributed by atoms with Crippen LogP contribution in [0.1, 0.15) is 18.4 Å². The molecule has 36 heavy (non-hydrogen) atoms. The van der Waals surface area contributed by atoms with Crippen molar-refractivity contribution in [3.63, 3.8) is 0 Å². The first-order chi connectivity index (χ1) is 17.5. The Balaban J connectivity index is 1.19. The van der Waals surface area contributed by atoms with Crippen LogP contribution in [0.3, 0.4) is 0 Å². The molecule has 3 amide bonds. The summed E-state index contributed by atoms with van der Waals surface area (Å²) >= 11 is 0. The number of anilines is 2. The smallest absolute Gasteiger partial charge is 0.262 e. The number of hydrogen-bond acceptors (Lipinski definition) is 6. The van der Waals surface area contributed by atoms with Gasteiger partial charge in [-0.1, -0.05) is 12.1 Å². The molecular formula is C27H34N4O5. The lowest BCUT2D eigenvalue weighted by Crippen LogP contribution is -2.39. The third-order valence-electron chi connectivity index (χ3n) is 6.37. The Labute approximate surface area is 211 Å². The molecule has 2 N–H and O–H groups in total. The van der Waals surface area contributed by atoms with Crippen molar-refractivity contribution in [2.75, 3.05) is 62.8 Å². The third kappa shape index (κ3) is 7.29. The van der Waals surface area contributed by atoms with E-state index in [9.17, 15) is 14.4 Å². The monoisotopic (exact) mass is 494 g/mol. The average Bonchev–Trinajstić information content (AvgIpc) is 3.28. The first kappa shape index (κ1) is 25.7. The lowest BCUT2D eigenvalue weighted by atomic mass is 10.1. The molecule has 2 aliphatic heterocycles. The fraction of sp³-hybridized carbons (Fsp3) is 0.444. The molecule has 2 aromatic rings. The first-order valence-corrected chi connectivity index (χ1v) is 12.5. The molecule has 0 aromatic heterocycles. The minimum absolute atomic E-state index is 0.0744. The standard InChI is InChI=1S/C27H34N4O5/c1-20-4-2-5-22(16-20)29-25(32)19-36-24-8-6-23(7-9-24)31-18-21(17-26(31)33)27(34)28-10-3-11-30-12-14-35-15-13-30/h2,4-9,16,21H,3,10-15,17-19H2,1H3,(H,28,34)(H,29,32)/t21-/m0/s1. The molecule has 2 saturated heterocycles. The predicted octanol–water partition coefficient (Wildman–Crippen LogP) is 2.20. The topological polar surface area (TPSA) is 100 Å². The van der Waals surface area contributed by atoms with Crippen LogP contribution in [0.4, 0.5) is 11.4 Å². The zero-order chi connectivity index (χ0) is 25.3. The second kappa shape index (κ2) is 12.5. The number of rotatable bonds is 10. The van der Waals surface area contributed by atoms with Gasteiger partial charge in [-0.05, 0) is 61.9 Å². The van der Waals surface area contributed by atoms with Gasteiger partial charge in [0.2, 0.25) is 11.8 Å². The number of nitrogens with zero attached hydrogens (tertiary/aromatic N) is 2. The molecule has 0 radical (unpaired) electrons. The minimum atomic E-state index is -0.359. The fourth-order valence-corrected chi connectivity index (χ4v) is 4.41. The van der Waals surface area contributed by atoms with Gasteiger partial charge in [-0.2, -0.15) is 0 Å². The van der Waals surface area contributed by atoms with Crippen LogP contribution in [0.25, 0.3) is 0 Å². The molecule has 0 unspecified atom stereocenters. The molecule has 4 rings (SSSR count). The van der Waals surface area contributed by atoms with Gasteiger partial charge in [0, 0.05) is 44.0 Å². The van der Waals surface area contributed by atoms with Gasteiger partial charge in [-0.3, -0.25) is 19.3 Å². The summed E-state index contributed by atoms with van der Waals surface area (Å²) in [6, 6.07) is 14.5. The van der Waals surface area contributed by atoms with E-state index in [4.69, 9.17) is 9.47 Å². The second-order valence-corrected chi connectivity index (χ2v) is 9.20. The van der Waals surface area contributed by atoms with E-state index in [0.29, 0.717) is 24.5 Å². The van der Waals surface area contributed by atoms with Crippen LogP contribution in [0, 0.1) is 12.8 Å². The first-order valence-electron chi connectivity index (χ1n) is 12.5. The summed E-state index contributed by atoms with van der Waals surface area (Å²) in [5, 5.41) is 5.78. The van der Waals surface area contributed by atoms with Crippen molar-refractivity contribution < 1.29 is 23.9 Å². The van der Waals surface area contributed by atoms with Gasteiger partial charge < -0.3 is 25.0 Å². The normalized spacial score (nSPS) is 18.2. The van der Waals surface area contributed by atoms with Crippen LogP contribution in [0.2, 0.25) is 0 Å². The molecule has 2 heterocycles. The summed E-state index contributed by atoms with van der Waals surface area (Å²) in [4.78, 5) is 41.3. The number of aryl methyl sites for hydroxylation is 1. The Bertz CT molecular complexity index is 1050. The highest BCUT2D eigenvalue weighted by molar-refractivity contribution is 6.00. The van der Waals surface area contributed by atoms with Crippen molar-refractivity contribution in [1.82, 2.24) is 10.2 Å². The number of carbonyl (C=O) groups is 3. The summed E-state index contributed by atoms with van der Waals surface area (Å²) in [6.45, 7) is 7.13. The van der Waals surface area contributed by atoms with Crippen molar-refractivity contribution in [3.05, 3.63) is 54.1 Å². The van der Waals surface area contributed by atoms with E-state index >= 15 is 0 Å². The quantitative estimate of drug-likeness (QED) is 0.492. The summed E-state index contributed by atoms with van der Waals surface area (Å²) in [7, 11) is 0. The highest BCUT2D eigenvalue weighted by atomic mass is 16.5. The molecule has 2 aliphatic rings. The molecule has 0 aliphatic carbocycles. The Morgan fingerprint density at radius 1 is 1.11 bits per heavy atom. The molecule has 9 nitrogen and oxygen atoms in total. The number of benzene rings is 2. The lowest BCUT2D eigenvalue weighted by molar-refractivity contribution is -0.126. The Morgan fingerprint density at radius 3 is 2.64 bits per heavy atom. The third-order valence-corrected chi connectivity index (χ3v) is 6.37. The van der Waals surface area contributed by atoms with Crippen molar-refractivity contribution in [2.45, 2.75) is 19.8 Å². The maximum atomic E-state index is 12.6. The molecule has 2 aromatic carbocycles. The van der Waals surface area contributed by atoms with Gasteiger partial charge in [0.05, 0.1) is 19.1 Å². The van der Waals surface area contributed by atoms with Crippen LogP contribution in [-0.4, -0.2) is 75.2 Å². The maximum absolute atomic E-state index is 12.6. The van der Waals surface area contributed by atoms with Gasteiger partial charge in [-0.15, -0.1) is 0 Å². The number of ether oxygens (including phenoxy) is 2. The van der Waals surface area contributed by atoms with Crippen LogP contribution < -0.4 is 20.3 Å². The van der Waals surface area contributed by atoms with E-state index in [2.05, 4.69) is 15.5 Å². The number of amides is 3. The summed E-state index contributed by atoms with van der Waals surface area (Å²) in [5.41, 5.74) is 2.49. The molecule has 192 valence electrons. The largest absolute Gasteiger partial charge is 0.484 e. The SMILES string of the molecule is Cc1cccc(NC(=O)COc2ccc(N3C[C@@H](C(=O)NCCCN4CCOCC4)CC3=O)cc2)c1. The van der Waals surface area contributed by atoms with Crippen molar-refractivity contribution in [2.24, 2.45) is 5.92 Å². The fourth-order valence-electron chi connectivity index (χ4n) is 4.41. The van der Waals surface area contributed by atoms with Gasteiger partial charge in [0.25, 0.3) is 5.91 Å². The summed E-state index contributed by atoms with van der Waals surface area (Å²) in [6.07, 6.45) is 1.08. The number of hydrogen-bond donors (Lipinski definition) is 2. The Morgan fingerprint density at radius 2 is 1.89 bits per heavy atom. The van der Waals surface area contributed by atoms with Crippen LogP contribution in [-0.2, 0) is 19.1 Å². The molecule has 1 atom stereocenters. The van der Waals surface area contributed by atoms with E-state index in [1.54, 1.807) is 29.2 Å². The van der Waals surface area contributed by atoms with E-state index in [1.165, 1.54) is 0 Å². The molecule has 0 bridgehead atoms. The zero-order valence-electron chi connectivity index (χ0n) is 20.7. The second-order valence-electron chi connectivity index (χ2n) is 9.20. The van der Waals surface area contributed by atoms with Crippen molar-refractivity contribution in [3.8, 4) is 5.75 Å².